The second-order valence-electron chi connectivity index (χ2n) is 5.87. The van der Waals surface area contributed by atoms with E-state index in [0.29, 0.717) is 11.1 Å². The summed E-state index contributed by atoms with van der Waals surface area (Å²) in [6.45, 7) is 1.99. The third-order valence-electron chi connectivity index (χ3n) is 4.13. The topological polar surface area (TPSA) is 46.5 Å². The molecule has 2 aromatic rings. The third kappa shape index (κ3) is 4.51. The van der Waals surface area contributed by atoms with Gasteiger partial charge in [-0.1, -0.05) is 42.8 Å². The Morgan fingerprint density at radius 2 is 1.85 bits per heavy atom. The minimum absolute atomic E-state index is 0. The number of rotatable bonds is 3. The number of hydrogen-bond acceptors (Lipinski definition) is 2. The summed E-state index contributed by atoms with van der Waals surface area (Å²) in [5, 5.41) is 9.40. The first-order valence-corrected chi connectivity index (χ1v) is 8.19. The number of halogens is 4. The molecule has 0 saturated carbocycles. The molecule has 1 atom stereocenters. The molecule has 138 valence electrons. The zero-order chi connectivity index (χ0) is 19.1. The first kappa shape index (κ1) is 21.8. The maximum absolute atomic E-state index is 13.3. The van der Waals surface area contributed by atoms with Gasteiger partial charge in [-0.2, -0.15) is 13.2 Å². The van der Waals surface area contributed by atoms with Crippen LogP contribution in [0.2, 0.25) is 5.02 Å². The van der Waals surface area contributed by atoms with Crippen molar-refractivity contribution in [1.29, 1.82) is 0 Å². The van der Waals surface area contributed by atoms with E-state index in [1.165, 1.54) is 12.1 Å². The number of aryl methyl sites for hydroxylation is 1. The number of carbonyl (C=O) groups is 1. The van der Waals surface area contributed by atoms with E-state index in [1.54, 1.807) is 12.1 Å². The van der Waals surface area contributed by atoms with Crippen LogP contribution in [-0.4, -0.2) is 52.9 Å². The Morgan fingerprint density at radius 1 is 1.22 bits per heavy atom. The Kier molecular flexibility index (Phi) is 6.68. The summed E-state index contributed by atoms with van der Waals surface area (Å²) in [4.78, 5) is 11.3. The van der Waals surface area contributed by atoms with Gasteiger partial charge in [0.1, 0.15) is 5.75 Å². The van der Waals surface area contributed by atoms with Crippen molar-refractivity contribution in [2.24, 2.45) is 0 Å². The summed E-state index contributed by atoms with van der Waals surface area (Å²) < 4.78 is 45.0. The van der Waals surface area contributed by atoms with Crippen molar-refractivity contribution in [3.63, 3.8) is 0 Å². The van der Waals surface area contributed by atoms with Gasteiger partial charge < -0.3 is 9.84 Å². The first-order valence-electron chi connectivity index (χ1n) is 7.81. The van der Waals surface area contributed by atoms with Crippen LogP contribution in [0.15, 0.2) is 42.0 Å². The number of carboxylic acids is 1. The van der Waals surface area contributed by atoms with Crippen LogP contribution in [-0.2, 0) is 11.2 Å². The summed E-state index contributed by atoms with van der Waals surface area (Å²) >= 11 is 6.09. The van der Waals surface area contributed by atoms with Crippen molar-refractivity contribution in [2.75, 3.05) is 0 Å². The molecule has 0 bridgehead atoms. The fraction of sp³-hybridized carbons (Fsp3) is 0.211. The van der Waals surface area contributed by atoms with Crippen molar-refractivity contribution in [3.05, 3.63) is 58.1 Å². The quantitative estimate of drug-likeness (QED) is 0.751. The number of carboxylic acid groups (broad SMARTS) is 1. The van der Waals surface area contributed by atoms with Gasteiger partial charge in [0, 0.05) is 16.1 Å². The maximum atomic E-state index is 13.3. The standard InChI is InChI=1S/C19H14ClF3O3.Na.H/c1-2-10-3-5-11(6-4-10)14-9-13(20)7-12-8-15(18(24)25)17(19(21,22)23)26-16(12)14;;/h3-9,17H,2H2,1H3,(H,24,25);;/t17-;;/m0../s1. The molecule has 3 nitrogen and oxygen atoms in total. The first-order chi connectivity index (χ1) is 12.2. The zero-order valence-corrected chi connectivity index (χ0v) is 14.4. The molecule has 0 fully saturated rings. The molecule has 0 amide bonds. The van der Waals surface area contributed by atoms with Crippen LogP contribution in [0.4, 0.5) is 13.2 Å². The van der Waals surface area contributed by atoms with Gasteiger partial charge in [0.05, 0.1) is 5.57 Å². The Bertz CT molecular complexity index is 892. The van der Waals surface area contributed by atoms with Gasteiger partial charge in [0.2, 0.25) is 6.10 Å². The van der Waals surface area contributed by atoms with E-state index in [1.807, 2.05) is 19.1 Å². The molecule has 1 heterocycles. The van der Waals surface area contributed by atoms with E-state index < -0.39 is 23.8 Å². The molecule has 8 heteroatoms. The summed E-state index contributed by atoms with van der Waals surface area (Å²) in [5.74, 6) is -1.72. The Balaban J connectivity index is 0.00000261. The molecular weight excluding hydrogens is 392 g/mol. The van der Waals surface area contributed by atoms with Crippen molar-refractivity contribution in [3.8, 4) is 16.9 Å². The van der Waals surface area contributed by atoms with Crippen LogP contribution in [0.3, 0.4) is 0 Å². The number of fused-ring (bicyclic) bond motifs is 1. The molecule has 0 saturated heterocycles. The Labute approximate surface area is 181 Å². The summed E-state index contributed by atoms with van der Waals surface area (Å²) in [6, 6.07) is 10.2. The third-order valence-corrected chi connectivity index (χ3v) is 4.35. The second-order valence-corrected chi connectivity index (χ2v) is 6.30. The molecule has 0 spiro atoms. The molecule has 1 aliphatic heterocycles. The van der Waals surface area contributed by atoms with Crippen LogP contribution in [0.5, 0.6) is 5.75 Å². The molecule has 0 aromatic heterocycles. The zero-order valence-electron chi connectivity index (χ0n) is 13.6. The summed E-state index contributed by atoms with van der Waals surface area (Å²) in [5.41, 5.74) is 1.41. The molecule has 27 heavy (non-hydrogen) atoms. The predicted molar refractivity (Wildman–Crippen MR) is 99.5 cm³/mol. The average molecular weight is 407 g/mol. The van der Waals surface area contributed by atoms with Crippen LogP contribution < -0.4 is 4.74 Å². The van der Waals surface area contributed by atoms with Crippen molar-refractivity contribution in [2.45, 2.75) is 25.6 Å². The normalized spacial score (nSPS) is 15.9. The molecule has 0 aliphatic carbocycles. The van der Waals surface area contributed by atoms with Gasteiger partial charge in [0.15, 0.2) is 0 Å². The van der Waals surface area contributed by atoms with Gasteiger partial charge in [-0.15, -0.1) is 0 Å². The van der Waals surface area contributed by atoms with Crippen LogP contribution >= 0.6 is 11.6 Å². The number of hydrogen-bond donors (Lipinski definition) is 1. The minimum atomic E-state index is -4.86. The van der Waals surface area contributed by atoms with E-state index in [2.05, 4.69) is 0 Å². The fourth-order valence-electron chi connectivity index (χ4n) is 2.83. The molecule has 3 rings (SSSR count). The van der Waals surface area contributed by atoms with Crippen LogP contribution in [0.25, 0.3) is 17.2 Å². The van der Waals surface area contributed by atoms with Crippen LogP contribution in [0.1, 0.15) is 18.1 Å². The molecule has 0 radical (unpaired) electrons. The summed E-state index contributed by atoms with van der Waals surface area (Å²) in [6.07, 6.45) is -5.60. The number of alkyl halides is 3. The van der Waals surface area contributed by atoms with Crippen molar-refractivity contribution >= 4 is 53.2 Å². The Morgan fingerprint density at radius 3 is 2.37 bits per heavy atom. The number of ether oxygens (including phenoxy) is 1. The molecule has 1 aliphatic rings. The molecular formula is C19H15ClF3NaO3. The summed E-state index contributed by atoms with van der Waals surface area (Å²) in [7, 11) is 0. The van der Waals surface area contributed by atoms with Crippen molar-refractivity contribution < 1.29 is 27.8 Å². The van der Waals surface area contributed by atoms with Gasteiger partial charge in [-0.3, -0.25) is 0 Å². The van der Waals surface area contributed by atoms with E-state index in [-0.39, 0.29) is 45.9 Å². The molecule has 1 N–H and O–H groups in total. The van der Waals surface area contributed by atoms with E-state index in [0.717, 1.165) is 18.1 Å². The van der Waals surface area contributed by atoms with Gasteiger partial charge in [-0.05, 0) is 35.8 Å². The second kappa shape index (κ2) is 8.27. The van der Waals surface area contributed by atoms with Crippen molar-refractivity contribution in [1.82, 2.24) is 0 Å². The molecule has 0 unspecified atom stereocenters. The van der Waals surface area contributed by atoms with Gasteiger partial charge >= 0.3 is 41.7 Å². The van der Waals surface area contributed by atoms with Crippen LogP contribution in [0, 0.1) is 0 Å². The average Bonchev–Trinajstić information content (AvgIpc) is 2.59. The Hall–Kier alpha value is -1.47. The van der Waals surface area contributed by atoms with E-state index in [9.17, 15) is 18.0 Å². The van der Waals surface area contributed by atoms with Gasteiger partial charge in [-0.25, -0.2) is 4.79 Å². The van der Waals surface area contributed by atoms with E-state index >= 15 is 0 Å². The molecule has 2 aromatic carbocycles. The predicted octanol–water partition coefficient (Wildman–Crippen LogP) is 4.71. The fourth-order valence-corrected chi connectivity index (χ4v) is 3.06. The number of benzene rings is 2. The number of aliphatic carboxylic acids is 1. The monoisotopic (exact) mass is 406 g/mol. The van der Waals surface area contributed by atoms with Gasteiger partial charge in [0.25, 0.3) is 0 Å². The van der Waals surface area contributed by atoms with E-state index in [4.69, 9.17) is 21.4 Å². The SMILES string of the molecule is CCc1ccc(-c2cc(Cl)cc3c2O[C@H](C(F)(F)F)C(C(=O)O)=C3)cc1.[NaH].